The third kappa shape index (κ3) is 4.77. The van der Waals surface area contributed by atoms with Crippen molar-refractivity contribution in [2.24, 2.45) is 0 Å². The number of benzene rings is 1. The lowest BCUT2D eigenvalue weighted by Gasteiger charge is -2.12. The Morgan fingerprint density at radius 3 is 2.50 bits per heavy atom. The molecule has 0 aliphatic heterocycles. The van der Waals surface area contributed by atoms with Gasteiger partial charge in [-0.15, -0.1) is 0 Å². The summed E-state index contributed by atoms with van der Waals surface area (Å²) >= 11 is 0. The van der Waals surface area contributed by atoms with Crippen LogP contribution in [0, 0.1) is 20.8 Å². The van der Waals surface area contributed by atoms with Crippen LogP contribution in [0.4, 0.5) is 0 Å². The van der Waals surface area contributed by atoms with Gasteiger partial charge in [0, 0.05) is 13.7 Å². The van der Waals surface area contributed by atoms with Gasteiger partial charge in [0.25, 0.3) is 0 Å². The quantitative estimate of drug-likeness (QED) is 0.729. The van der Waals surface area contributed by atoms with Crippen LogP contribution in [0.2, 0.25) is 0 Å². The molecule has 0 amide bonds. The zero-order chi connectivity index (χ0) is 13.5. The highest BCUT2D eigenvalue weighted by Crippen LogP contribution is 2.15. The maximum absolute atomic E-state index is 9.52. The number of ether oxygens (including phenoxy) is 1. The second-order valence-electron chi connectivity index (χ2n) is 4.94. The van der Waals surface area contributed by atoms with Crippen molar-refractivity contribution < 1.29 is 9.84 Å². The van der Waals surface area contributed by atoms with Gasteiger partial charge in [0.2, 0.25) is 0 Å². The molecule has 3 heteroatoms. The molecule has 1 rings (SSSR count). The van der Waals surface area contributed by atoms with E-state index >= 15 is 0 Å². The smallest absolute Gasteiger partial charge is 0.0785 e. The molecule has 0 fully saturated rings. The van der Waals surface area contributed by atoms with E-state index in [1.807, 2.05) is 0 Å². The van der Waals surface area contributed by atoms with Crippen LogP contribution in [0.25, 0.3) is 0 Å². The van der Waals surface area contributed by atoms with Crippen LogP contribution in [0.5, 0.6) is 0 Å². The van der Waals surface area contributed by atoms with Gasteiger partial charge in [-0.25, -0.2) is 0 Å². The van der Waals surface area contributed by atoms with Crippen molar-refractivity contribution in [3.8, 4) is 0 Å². The molecule has 102 valence electrons. The predicted octanol–water partition coefficient (Wildman–Crippen LogP) is 2.10. The van der Waals surface area contributed by atoms with Gasteiger partial charge in [0.05, 0.1) is 12.7 Å². The van der Waals surface area contributed by atoms with E-state index in [1.165, 1.54) is 22.3 Å². The third-order valence-corrected chi connectivity index (χ3v) is 3.28. The van der Waals surface area contributed by atoms with E-state index in [1.54, 1.807) is 7.11 Å². The molecule has 1 unspecified atom stereocenters. The highest BCUT2D eigenvalue weighted by atomic mass is 16.5. The van der Waals surface area contributed by atoms with Crippen molar-refractivity contribution >= 4 is 0 Å². The average Bonchev–Trinajstić information content (AvgIpc) is 2.31. The van der Waals surface area contributed by atoms with Crippen molar-refractivity contribution in [2.45, 2.75) is 39.8 Å². The summed E-state index contributed by atoms with van der Waals surface area (Å²) in [5.74, 6) is 0. The fourth-order valence-corrected chi connectivity index (χ4v) is 1.98. The minimum Gasteiger partial charge on any atom is -0.391 e. The van der Waals surface area contributed by atoms with Gasteiger partial charge in [0.15, 0.2) is 0 Å². The van der Waals surface area contributed by atoms with Gasteiger partial charge in [-0.05, 0) is 56.0 Å². The number of methoxy groups -OCH3 is 1. The van der Waals surface area contributed by atoms with Crippen LogP contribution in [0.15, 0.2) is 12.1 Å². The second-order valence-corrected chi connectivity index (χ2v) is 4.94. The summed E-state index contributed by atoms with van der Waals surface area (Å²) < 4.78 is 4.89. The van der Waals surface area contributed by atoms with E-state index in [0.29, 0.717) is 6.61 Å². The minimum atomic E-state index is -0.372. The standard InChI is InChI=1S/C15H25NO2/c1-11-7-13(3)14(8-12(11)2)9-16-6-5-15(17)10-18-4/h7-8,15-17H,5-6,9-10H2,1-4H3. The molecule has 0 aromatic heterocycles. The number of hydrogen-bond donors (Lipinski definition) is 2. The normalized spacial score (nSPS) is 12.7. The predicted molar refractivity (Wildman–Crippen MR) is 74.9 cm³/mol. The van der Waals surface area contributed by atoms with Gasteiger partial charge >= 0.3 is 0 Å². The number of rotatable bonds is 7. The van der Waals surface area contributed by atoms with Gasteiger partial charge in [0.1, 0.15) is 0 Å². The van der Waals surface area contributed by atoms with Crippen molar-refractivity contribution in [3.05, 3.63) is 34.4 Å². The number of nitrogens with one attached hydrogen (secondary N) is 1. The second kappa shape index (κ2) is 7.52. The lowest BCUT2D eigenvalue weighted by molar-refractivity contribution is 0.0594. The maximum atomic E-state index is 9.52. The molecular formula is C15H25NO2. The number of aliphatic hydroxyl groups is 1. The van der Waals surface area contributed by atoms with Crippen molar-refractivity contribution in [1.29, 1.82) is 0 Å². The first-order chi connectivity index (χ1) is 8.54. The summed E-state index contributed by atoms with van der Waals surface area (Å²) in [5, 5.41) is 12.9. The average molecular weight is 251 g/mol. The van der Waals surface area contributed by atoms with Crippen LogP contribution in [0.1, 0.15) is 28.7 Å². The van der Waals surface area contributed by atoms with Crippen LogP contribution < -0.4 is 5.32 Å². The Morgan fingerprint density at radius 2 is 1.83 bits per heavy atom. The lowest BCUT2D eigenvalue weighted by atomic mass is 10.0. The molecule has 1 aromatic rings. The number of aryl methyl sites for hydroxylation is 3. The topological polar surface area (TPSA) is 41.5 Å². The molecule has 18 heavy (non-hydrogen) atoms. The minimum absolute atomic E-state index is 0.372. The molecule has 0 saturated carbocycles. The fraction of sp³-hybridized carbons (Fsp3) is 0.600. The fourth-order valence-electron chi connectivity index (χ4n) is 1.98. The summed E-state index contributed by atoms with van der Waals surface area (Å²) in [7, 11) is 1.61. The monoisotopic (exact) mass is 251 g/mol. The highest BCUT2D eigenvalue weighted by molar-refractivity contribution is 5.36. The van der Waals surface area contributed by atoms with Gasteiger partial charge < -0.3 is 15.2 Å². The Bertz CT molecular complexity index is 377. The van der Waals surface area contributed by atoms with Gasteiger partial charge in [-0.3, -0.25) is 0 Å². The molecule has 0 spiro atoms. The Labute approximate surface area is 110 Å². The SMILES string of the molecule is COCC(O)CCNCc1cc(C)c(C)cc1C. The van der Waals surface area contributed by atoms with Crippen molar-refractivity contribution in [1.82, 2.24) is 5.32 Å². The summed E-state index contributed by atoms with van der Waals surface area (Å²) in [5.41, 5.74) is 5.32. The molecule has 0 saturated heterocycles. The van der Waals surface area contributed by atoms with E-state index < -0.39 is 0 Å². The molecule has 0 aliphatic rings. The Balaban J connectivity index is 2.38. The first-order valence-electron chi connectivity index (χ1n) is 6.49. The molecule has 0 aliphatic carbocycles. The van der Waals surface area contributed by atoms with E-state index in [9.17, 15) is 5.11 Å². The van der Waals surface area contributed by atoms with E-state index in [0.717, 1.165) is 19.5 Å². The van der Waals surface area contributed by atoms with E-state index in [2.05, 4.69) is 38.2 Å². The molecule has 0 bridgehead atoms. The zero-order valence-corrected chi connectivity index (χ0v) is 11.9. The van der Waals surface area contributed by atoms with Crippen molar-refractivity contribution in [3.63, 3.8) is 0 Å². The Morgan fingerprint density at radius 1 is 1.17 bits per heavy atom. The third-order valence-electron chi connectivity index (χ3n) is 3.28. The maximum Gasteiger partial charge on any atom is 0.0785 e. The summed E-state index contributed by atoms with van der Waals surface area (Å²) in [6.07, 6.45) is 0.348. The lowest BCUT2D eigenvalue weighted by Crippen LogP contribution is -2.23. The highest BCUT2D eigenvalue weighted by Gasteiger charge is 2.04. The van der Waals surface area contributed by atoms with Crippen LogP contribution in [-0.2, 0) is 11.3 Å². The van der Waals surface area contributed by atoms with Crippen LogP contribution in [0.3, 0.4) is 0 Å². The van der Waals surface area contributed by atoms with E-state index in [4.69, 9.17) is 4.74 Å². The van der Waals surface area contributed by atoms with Gasteiger partial charge in [-0.1, -0.05) is 12.1 Å². The molecule has 1 atom stereocenters. The summed E-state index contributed by atoms with van der Waals surface area (Å²) in [6.45, 7) is 8.48. The van der Waals surface area contributed by atoms with E-state index in [-0.39, 0.29) is 6.10 Å². The van der Waals surface area contributed by atoms with Crippen LogP contribution in [-0.4, -0.2) is 31.5 Å². The summed E-state index contributed by atoms with van der Waals surface area (Å²) in [4.78, 5) is 0. The molecule has 2 N–H and O–H groups in total. The molecular weight excluding hydrogens is 226 g/mol. The Kier molecular flexibility index (Phi) is 6.33. The molecule has 3 nitrogen and oxygen atoms in total. The first-order valence-corrected chi connectivity index (χ1v) is 6.49. The molecule has 0 radical (unpaired) electrons. The first kappa shape index (κ1) is 15.2. The molecule has 1 aromatic carbocycles. The number of hydrogen-bond acceptors (Lipinski definition) is 3. The largest absolute Gasteiger partial charge is 0.391 e. The zero-order valence-electron chi connectivity index (χ0n) is 11.9. The molecule has 0 heterocycles. The van der Waals surface area contributed by atoms with Gasteiger partial charge in [-0.2, -0.15) is 0 Å². The Hall–Kier alpha value is -0.900. The van der Waals surface area contributed by atoms with Crippen molar-refractivity contribution in [2.75, 3.05) is 20.3 Å². The number of aliphatic hydroxyl groups excluding tert-OH is 1. The summed E-state index contributed by atoms with van der Waals surface area (Å²) in [6, 6.07) is 4.47. The van der Waals surface area contributed by atoms with Crippen LogP contribution >= 0.6 is 0 Å².